The monoisotopic (exact) mass is 605 g/mol. The van der Waals surface area contributed by atoms with Crippen molar-refractivity contribution in [3.05, 3.63) is 88.4 Å². The van der Waals surface area contributed by atoms with Crippen molar-refractivity contribution in [2.75, 3.05) is 18.0 Å². The number of rotatable bonds is 12. The van der Waals surface area contributed by atoms with Crippen LogP contribution in [0.3, 0.4) is 0 Å². The molecule has 11 heteroatoms. The number of nitrogens with zero attached hydrogens (tertiary/aromatic N) is 2. The van der Waals surface area contributed by atoms with Crippen LogP contribution >= 0.6 is 23.2 Å². The van der Waals surface area contributed by atoms with Gasteiger partial charge in [-0.1, -0.05) is 54.4 Å². The quantitative estimate of drug-likeness (QED) is 0.293. The van der Waals surface area contributed by atoms with E-state index in [4.69, 9.17) is 27.9 Å². The first-order valence-corrected chi connectivity index (χ1v) is 14.9. The first kappa shape index (κ1) is 31.3. The topological polar surface area (TPSA) is 96.0 Å². The number of sulfonamides is 1. The van der Waals surface area contributed by atoms with Crippen LogP contribution in [0.1, 0.15) is 32.8 Å². The van der Waals surface area contributed by atoms with Crippen molar-refractivity contribution in [3.63, 3.8) is 0 Å². The smallest absolute Gasteiger partial charge is 0.264 e. The predicted octanol–water partition coefficient (Wildman–Crippen LogP) is 5.53. The van der Waals surface area contributed by atoms with Crippen LogP contribution in [0.5, 0.6) is 5.75 Å². The van der Waals surface area contributed by atoms with Crippen molar-refractivity contribution in [2.45, 2.75) is 50.7 Å². The van der Waals surface area contributed by atoms with Gasteiger partial charge in [-0.3, -0.25) is 13.9 Å². The third kappa shape index (κ3) is 7.68. The van der Waals surface area contributed by atoms with E-state index < -0.39 is 28.5 Å². The van der Waals surface area contributed by atoms with Crippen LogP contribution in [0.15, 0.2) is 77.7 Å². The summed E-state index contributed by atoms with van der Waals surface area (Å²) in [7, 11) is -2.69. The first-order valence-electron chi connectivity index (χ1n) is 12.7. The maximum Gasteiger partial charge on any atom is 0.264 e. The molecule has 1 N–H and O–H groups in total. The van der Waals surface area contributed by atoms with E-state index in [0.717, 1.165) is 4.31 Å². The maximum atomic E-state index is 14.0. The average molecular weight is 607 g/mol. The molecule has 0 bridgehead atoms. The Morgan fingerprint density at radius 3 is 2.17 bits per heavy atom. The molecule has 3 aromatic carbocycles. The Morgan fingerprint density at radius 1 is 0.975 bits per heavy atom. The summed E-state index contributed by atoms with van der Waals surface area (Å²) in [5, 5.41) is 3.62. The Labute approximate surface area is 245 Å². The molecule has 0 saturated heterocycles. The summed E-state index contributed by atoms with van der Waals surface area (Å²) in [6.45, 7) is 4.87. The number of methoxy groups -OCH3 is 1. The molecule has 0 aromatic heterocycles. The van der Waals surface area contributed by atoms with Gasteiger partial charge in [0.2, 0.25) is 11.8 Å². The molecule has 1 unspecified atom stereocenters. The molecule has 40 heavy (non-hydrogen) atoms. The largest absolute Gasteiger partial charge is 0.497 e. The summed E-state index contributed by atoms with van der Waals surface area (Å²) in [6, 6.07) is 18.1. The molecular weight excluding hydrogens is 573 g/mol. The number of para-hydroxylation sites is 1. The van der Waals surface area contributed by atoms with Gasteiger partial charge in [-0.15, -0.1) is 0 Å². The zero-order valence-corrected chi connectivity index (χ0v) is 25.1. The number of ether oxygens (including phenoxy) is 1. The summed E-state index contributed by atoms with van der Waals surface area (Å²) < 4.78 is 33.9. The number of hydrogen-bond donors (Lipinski definition) is 1. The lowest BCUT2D eigenvalue weighted by Crippen LogP contribution is -2.53. The molecule has 0 heterocycles. The second-order valence-corrected chi connectivity index (χ2v) is 12.1. The van der Waals surface area contributed by atoms with Crippen molar-refractivity contribution >= 4 is 50.7 Å². The number of halogens is 2. The Balaban J connectivity index is 2.06. The van der Waals surface area contributed by atoms with Gasteiger partial charge in [0.25, 0.3) is 10.0 Å². The van der Waals surface area contributed by atoms with Gasteiger partial charge in [0.15, 0.2) is 0 Å². The highest BCUT2D eigenvalue weighted by molar-refractivity contribution is 7.92. The number of benzene rings is 3. The molecule has 0 fully saturated rings. The van der Waals surface area contributed by atoms with Gasteiger partial charge in [0.05, 0.1) is 17.7 Å². The van der Waals surface area contributed by atoms with Gasteiger partial charge in [0, 0.05) is 22.6 Å². The normalized spacial score (nSPS) is 12.1. The lowest BCUT2D eigenvalue weighted by atomic mass is 10.1. The van der Waals surface area contributed by atoms with Gasteiger partial charge in [0.1, 0.15) is 18.3 Å². The Kier molecular flexibility index (Phi) is 10.8. The Morgan fingerprint density at radius 2 is 1.62 bits per heavy atom. The number of carbonyl (C=O) groups excluding carboxylic acids is 2. The Bertz CT molecular complexity index is 1420. The van der Waals surface area contributed by atoms with Crippen molar-refractivity contribution in [1.82, 2.24) is 10.2 Å². The fourth-order valence-electron chi connectivity index (χ4n) is 4.13. The molecule has 0 radical (unpaired) electrons. The van der Waals surface area contributed by atoms with Crippen molar-refractivity contribution < 1.29 is 22.7 Å². The summed E-state index contributed by atoms with van der Waals surface area (Å²) >= 11 is 12.5. The van der Waals surface area contributed by atoms with E-state index in [9.17, 15) is 18.0 Å². The molecule has 3 rings (SSSR count). The second-order valence-electron chi connectivity index (χ2n) is 9.37. The molecule has 8 nitrogen and oxygen atoms in total. The highest BCUT2D eigenvalue weighted by Gasteiger charge is 2.34. The molecule has 0 aliphatic heterocycles. The van der Waals surface area contributed by atoms with Crippen LogP contribution in [0.2, 0.25) is 10.0 Å². The van der Waals surface area contributed by atoms with Crippen molar-refractivity contribution in [2.24, 2.45) is 0 Å². The van der Waals surface area contributed by atoms with Gasteiger partial charge in [-0.2, -0.15) is 0 Å². The lowest BCUT2D eigenvalue weighted by molar-refractivity contribution is -0.140. The van der Waals surface area contributed by atoms with E-state index in [1.165, 1.54) is 36.3 Å². The Hall–Kier alpha value is -3.27. The zero-order valence-electron chi connectivity index (χ0n) is 22.8. The van der Waals surface area contributed by atoms with Crippen LogP contribution in [0, 0.1) is 0 Å². The van der Waals surface area contributed by atoms with Crippen LogP contribution in [-0.4, -0.2) is 50.9 Å². The minimum absolute atomic E-state index is 0.0122. The van der Waals surface area contributed by atoms with Gasteiger partial charge < -0.3 is 15.0 Å². The standard InChI is InChI=1S/C29H33Cl2N3O5S/c1-5-27(29(36)32-20(2)3)33(18-21-11-12-22(30)17-26(21)31)28(35)19-34(23-9-7-6-8-10-23)40(37,38)25-15-13-24(39-4)14-16-25/h6-17,20,27H,5,18-19H2,1-4H3,(H,32,36). The number of anilines is 1. The molecule has 3 aromatic rings. The van der Waals surface area contributed by atoms with E-state index in [1.807, 2.05) is 13.8 Å². The predicted molar refractivity (Wildman–Crippen MR) is 158 cm³/mol. The number of carbonyl (C=O) groups is 2. The van der Waals surface area contributed by atoms with Crippen LogP contribution in [0.4, 0.5) is 5.69 Å². The highest BCUT2D eigenvalue weighted by atomic mass is 35.5. The zero-order chi connectivity index (χ0) is 29.4. The molecule has 0 aliphatic rings. The van der Waals surface area contributed by atoms with Crippen LogP contribution < -0.4 is 14.4 Å². The summed E-state index contributed by atoms with van der Waals surface area (Å²) in [6.07, 6.45) is 0.298. The third-order valence-corrected chi connectivity index (χ3v) is 8.52. The fourth-order valence-corrected chi connectivity index (χ4v) is 6.01. The number of hydrogen-bond acceptors (Lipinski definition) is 5. The minimum Gasteiger partial charge on any atom is -0.497 e. The number of nitrogens with one attached hydrogen (secondary N) is 1. The van der Waals surface area contributed by atoms with Gasteiger partial charge in [-0.05, 0) is 74.4 Å². The second kappa shape index (κ2) is 13.9. The summed E-state index contributed by atoms with van der Waals surface area (Å²) in [4.78, 5) is 28.6. The molecule has 1 atom stereocenters. The molecule has 0 spiro atoms. The third-order valence-electron chi connectivity index (χ3n) is 6.14. The average Bonchev–Trinajstić information content (AvgIpc) is 2.92. The summed E-state index contributed by atoms with van der Waals surface area (Å²) in [5.74, 6) is -0.424. The first-order chi connectivity index (χ1) is 19.0. The summed E-state index contributed by atoms with van der Waals surface area (Å²) in [5.41, 5.74) is 0.871. The number of amides is 2. The highest BCUT2D eigenvalue weighted by Crippen LogP contribution is 2.27. The maximum absolute atomic E-state index is 14.0. The molecule has 0 saturated carbocycles. The molecular formula is C29H33Cl2N3O5S. The molecule has 214 valence electrons. The van der Waals surface area contributed by atoms with E-state index in [0.29, 0.717) is 33.5 Å². The minimum atomic E-state index is -4.18. The van der Waals surface area contributed by atoms with Crippen molar-refractivity contribution in [1.29, 1.82) is 0 Å². The SMILES string of the molecule is CCC(C(=O)NC(C)C)N(Cc1ccc(Cl)cc1Cl)C(=O)CN(c1ccccc1)S(=O)(=O)c1ccc(OC)cc1. The van der Waals surface area contributed by atoms with Gasteiger partial charge >= 0.3 is 0 Å². The van der Waals surface area contributed by atoms with E-state index in [1.54, 1.807) is 55.5 Å². The van der Waals surface area contributed by atoms with E-state index in [2.05, 4.69) is 5.32 Å². The fraction of sp³-hybridized carbons (Fsp3) is 0.310. The lowest BCUT2D eigenvalue weighted by Gasteiger charge is -2.33. The molecule has 0 aliphatic carbocycles. The van der Waals surface area contributed by atoms with Crippen LogP contribution in [-0.2, 0) is 26.2 Å². The van der Waals surface area contributed by atoms with Crippen LogP contribution in [0.25, 0.3) is 0 Å². The van der Waals surface area contributed by atoms with E-state index >= 15 is 0 Å². The van der Waals surface area contributed by atoms with E-state index in [-0.39, 0.29) is 23.4 Å². The van der Waals surface area contributed by atoms with Crippen molar-refractivity contribution in [3.8, 4) is 5.75 Å². The van der Waals surface area contributed by atoms with Gasteiger partial charge in [-0.25, -0.2) is 8.42 Å². The molecule has 2 amide bonds.